The van der Waals surface area contributed by atoms with Gasteiger partial charge in [0.2, 0.25) is 0 Å². The molecule has 1 aromatic heterocycles. The lowest BCUT2D eigenvalue weighted by molar-refractivity contribution is 0.0927. The zero-order chi connectivity index (χ0) is 9.84. The van der Waals surface area contributed by atoms with Gasteiger partial charge in [0.1, 0.15) is 0 Å². The van der Waals surface area contributed by atoms with Crippen molar-refractivity contribution in [2.75, 3.05) is 6.54 Å². The van der Waals surface area contributed by atoms with Crippen LogP contribution in [-0.4, -0.2) is 23.7 Å². The van der Waals surface area contributed by atoms with E-state index in [0.29, 0.717) is 6.54 Å². The van der Waals surface area contributed by atoms with Gasteiger partial charge in [-0.3, -0.25) is 4.79 Å². The summed E-state index contributed by atoms with van der Waals surface area (Å²) in [7, 11) is 0. The van der Waals surface area contributed by atoms with Gasteiger partial charge in [-0.05, 0) is 30.9 Å². The van der Waals surface area contributed by atoms with Crippen molar-refractivity contribution in [1.82, 2.24) is 5.32 Å². The maximum Gasteiger partial charge on any atom is 0.261 e. The second kappa shape index (κ2) is 4.39. The van der Waals surface area contributed by atoms with Crippen LogP contribution in [0, 0.1) is 6.92 Å². The minimum absolute atomic E-state index is 0.103. The van der Waals surface area contributed by atoms with Crippen molar-refractivity contribution in [2.24, 2.45) is 0 Å². The molecule has 0 saturated heterocycles. The first-order chi connectivity index (χ1) is 6.11. The highest BCUT2D eigenvalue weighted by atomic mass is 32.1. The number of amides is 1. The van der Waals surface area contributed by atoms with Gasteiger partial charge in [-0.25, -0.2) is 0 Å². The Balaban J connectivity index is 2.54. The molecule has 4 heteroatoms. The first-order valence-electron chi connectivity index (χ1n) is 4.11. The molecule has 1 atom stereocenters. The summed E-state index contributed by atoms with van der Waals surface area (Å²) in [5.74, 6) is -0.103. The number of aliphatic hydroxyl groups excluding tert-OH is 1. The summed E-state index contributed by atoms with van der Waals surface area (Å²) >= 11 is 1.42. The molecule has 0 aliphatic heterocycles. The van der Waals surface area contributed by atoms with E-state index < -0.39 is 6.10 Å². The Kier molecular flexibility index (Phi) is 3.45. The van der Waals surface area contributed by atoms with E-state index in [-0.39, 0.29) is 5.91 Å². The quantitative estimate of drug-likeness (QED) is 0.767. The molecular formula is C9H13NO2S. The van der Waals surface area contributed by atoms with Crippen LogP contribution in [0.5, 0.6) is 0 Å². The molecule has 0 spiro atoms. The predicted molar refractivity (Wildman–Crippen MR) is 53.1 cm³/mol. The zero-order valence-corrected chi connectivity index (χ0v) is 8.52. The molecule has 1 heterocycles. The van der Waals surface area contributed by atoms with E-state index in [2.05, 4.69) is 5.32 Å². The third-order valence-corrected chi connectivity index (χ3v) is 2.64. The maximum atomic E-state index is 11.4. The molecule has 0 aliphatic rings. The van der Waals surface area contributed by atoms with Crippen molar-refractivity contribution in [3.8, 4) is 0 Å². The smallest absolute Gasteiger partial charge is 0.261 e. The molecule has 0 saturated carbocycles. The lowest BCUT2D eigenvalue weighted by Gasteiger charge is -2.05. The van der Waals surface area contributed by atoms with E-state index in [1.807, 2.05) is 18.4 Å². The molecule has 0 fully saturated rings. The zero-order valence-electron chi connectivity index (χ0n) is 7.70. The first kappa shape index (κ1) is 10.2. The van der Waals surface area contributed by atoms with E-state index in [4.69, 9.17) is 5.11 Å². The van der Waals surface area contributed by atoms with Gasteiger partial charge in [0.05, 0.1) is 11.0 Å². The van der Waals surface area contributed by atoms with E-state index in [0.717, 1.165) is 10.4 Å². The third kappa shape index (κ3) is 2.82. The molecule has 0 bridgehead atoms. The standard InChI is InChI=1S/C9H13NO2S/c1-6-3-4-13-8(6)9(12)10-5-7(2)11/h3-4,7,11H,5H2,1-2H3,(H,10,12)/t7-/m1/s1. The molecule has 0 unspecified atom stereocenters. The number of hydrogen-bond acceptors (Lipinski definition) is 3. The highest BCUT2D eigenvalue weighted by Crippen LogP contribution is 2.14. The normalized spacial score (nSPS) is 12.5. The number of aliphatic hydroxyl groups is 1. The minimum atomic E-state index is -0.496. The van der Waals surface area contributed by atoms with Crippen molar-refractivity contribution in [2.45, 2.75) is 20.0 Å². The molecule has 1 aromatic rings. The van der Waals surface area contributed by atoms with Crippen LogP contribution in [0.3, 0.4) is 0 Å². The van der Waals surface area contributed by atoms with E-state index in [1.54, 1.807) is 6.92 Å². The average molecular weight is 199 g/mol. The van der Waals surface area contributed by atoms with Gasteiger partial charge in [0.25, 0.3) is 5.91 Å². The summed E-state index contributed by atoms with van der Waals surface area (Å²) in [5, 5.41) is 13.5. The molecule has 0 radical (unpaired) electrons. The van der Waals surface area contributed by atoms with Crippen LogP contribution in [0.15, 0.2) is 11.4 Å². The summed E-state index contributed by atoms with van der Waals surface area (Å²) in [5.41, 5.74) is 0.980. The Bertz CT molecular complexity index is 294. The monoisotopic (exact) mass is 199 g/mol. The van der Waals surface area contributed by atoms with E-state index in [1.165, 1.54) is 11.3 Å². The lowest BCUT2D eigenvalue weighted by Crippen LogP contribution is -2.30. The predicted octanol–water partition coefficient (Wildman–Crippen LogP) is 1.17. The van der Waals surface area contributed by atoms with Gasteiger partial charge in [0.15, 0.2) is 0 Å². The minimum Gasteiger partial charge on any atom is -0.392 e. The number of aryl methyl sites for hydroxylation is 1. The van der Waals surface area contributed by atoms with Crippen LogP contribution in [0.25, 0.3) is 0 Å². The lowest BCUT2D eigenvalue weighted by atomic mass is 10.3. The van der Waals surface area contributed by atoms with Crippen LogP contribution in [0.2, 0.25) is 0 Å². The second-order valence-corrected chi connectivity index (χ2v) is 3.91. The molecule has 1 rings (SSSR count). The van der Waals surface area contributed by atoms with Crippen LogP contribution in [-0.2, 0) is 0 Å². The third-order valence-electron chi connectivity index (χ3n) is 1.63. The summed E-state index contributed by atoms with van der Waals surface area (Å²) in [6.45, 7) is 3.84. The number of nitrogens with one attached hydrogen (secondary N) is 1. The van der Waals surface area contributed by atoms with Gasteiger partial charge in [-0.1, -0.05) is 0 Å². The van der Waals surface area contributed by atoms with Gasteiger partial charge in [0, 0.05) is 6.54 Å². The van der Waals surface area contributed by atoms with Crippen molar-refractivity contribution < 1.29 is 9.90 Å². The number of thiophene rings is 1. The topological polar surface area (TPSA) is 49.3 Å². The van der Waals surface area contributed by atoms with E-state index >= 15 is 0 Å². The van der Waals surface area contributed by atoms with Gasteiger partial charge >= 0.3 is 0 Å². The summed E-state index contributed by atoms with van der Waals surface area (Å²) in [6.07, 6.45) is -0.496. The maximum absolute atomic E-state index is 11.4. The summed E-state index contributed by atoms with van der Waals surface area (Å²) in [4.78, 5) is 12.1. The Labute approximate surface area is 81.4 Å². The fraction of sp³-hybridized carbons (Fsp3) is 0.444. The summed E-state index contributed by atoms with van der Waals surface area (Å²) < 4.78 is 0. The fourth-order valence-corrected chi connectivity index (χ4v) is 1.77. The number of hydrogen-bond donors (Lipinski definition) is 2. The van der Waals surface area contributed by atoms with Crippen LogP contribution in [0.4, 0.5) is 0 Å². The highest BCUT2D eigenvalue weighted by Gasteiger charge is 2.09. The number of rotatable bonds is 3. The Hall–Kier alpha value is -0.870. The van der Waals surface area contributed by atoms with Crippen LogP contribution in [0.1, 0.15) is 22.2 Å². The second-order valence-electron chi connectivity index (χ2n) is 2.99. The molecule has 0 aliphatic carbocycles. The molecule has 3 nitrogen and oxygen atoms in total. The summed E-state index contributed by atoms with van der Waals surface area (Å²) in [6, 6.07) is 1.90. The molecule has 2 N–H and O–H groups in total. The molecule has 0 aromatic carbocycles. The van der Waals surface area contributed by atoms with Crippen molar-refractivity contribution >= 4 is 17.2 Å². The SMILES string of the molecule is Cc1ccsc1C(=O)NC[C@@H](C)O. The average Bonchev–Trinajstić information content (AvgIpc) is 2.47. The first-order valence-corrected chi connectivity index (χ1v) is 4.99. The fourth-order valence-electron chi connectivity index (χ4n) is 0.926. The van der Waals surface area contributed by atoms with Gasteiger partial charge in [-0.2, -0.15) is 0 Å². The number of carbonyl (C=O) groups is 1. The van der Waals surface area contributed by atoms with Gasteiger partial charge in [-0.15, -0.1) is 11.3 Å². The van der Waals surface area contributed by atoms with Crippen LogP contribution >= 0.6 is 11.3 Å². The van der Waals surface area contributed by atoms with Crippen molar-refractivity contribution in [1.29, 1.82) is 0 Å². The molecule has 72 valence electrons. The van der Waals surface area contributed by atoms with Crippen LogP contribution < -0.4 is 5.32 Å². The Morgan fingerprint density at radius 2 is 2.46 bits per heavy atom. The highest BCUT2D eigenvalue weighted by molar-refractivity contribution is 7.12. The van der Waals surface area contributed by atoms with E-state index in [9.17, 15) is 4.79 Å². The molecule has 13 heavy (non-hydrogen) atoms. The largest absolute Gasteiger partial charge is 0.392 e. The Morgan fingerprint density at radius 3 is 2.92 bits per heavy atom. The number of carbonyl (C=O) groups excluding carboxylic acids is 1. The molecule has 1 amide bonds. The Morgan fingerprint density at radius 1 is 1.77 bits per heavy atom. The van der Waals surface area contributed by atoms with Crippen molar-refractivity contribution in [3.63, 3.8) is 0 Å². The van der Waals surface area contributed by atoms with Gasteiger partial charge < -0.3 is 10.4 Å². The van der Waals surface area contributed by atoms with Crippen molar-refractivity contribution in [3.05, 3.63) is 21.9 Å². The molecular weight excluding hydrogens is 186 g/mol.